The lowest BCUT2D eigenvalue weighted by Gasteiger charge is -2.22. The highest BCUT2D eigenvalue weighted by Gasteiger charge is 2.31. The number of ether oxygens (including phenoxy) is 1. The Hall–Kier alpha value is -0.770. The molecular weight excluding hydrogens is 264 g/mol. The van der Waals surface area contributed by atoms with Crippen molar-refractivity contribution in [2.45, 2.75) is 84.3 Å². The first-order valence-electron chi connectivity index (χ1n) is 8.62. The van der Waals surface area contributed by atoms with Crippen molar-refractivity contribution in [1.29, 1.82) is 0 Å². The summed E-state index contributed by atoms with van der Waals surface area (Å²) in [6.07, 6.45) is 8.75. The molecule has 0 saturated heterocycles. The third kappa shape index (κ3) is 9.72. The first kappa shape index (κ1) is 18.3. The standard InChI is InChI=1S/C17H34N2O2/c1-5-6-7-8-9-12-18-15(14-10-11-14)13-19-16(20)21-17(2,3)4/h14-15,18H,5-13H2,1-4H3,(H,19,20). The molecule has 0 aromatic heterocycles. The minimum absolute atomic E-state index is 0.308. The van der Waals surface area contributed by atoms with Gasteiger partial charge >= 0.3 is 6.09 Å². The van der Waals surface area contributed by atoms with E-state index in [-0.39, 0.29) is 6.09 Å². The van der Waals surface area contributed by atoms with E-state index in [1.807, 2.05) is 20.8 Å². The number of hydrogen-bond donors (Lipinski definition) is 2. The normalized spacial score (nSPS) is 16.6. The van der Waals surface area contributed by atoms with Gasteiger partial charge in [0.15, 0.2) is 0 Å². The van der Waals surface area contributed by atoms with Gasteiger partial charge in [-0.1, -0.05) is 32.6 Å². The van der Waals surface area contributed by atoms with Crippen molar-refractivity contribution < 1.29 is 9.53 Å². The minimum Gasteiger partial charge on any atom is -0.444 e. The number of hydrogen-bond acceptors (Lipinski definition) is 3. The van der Waals surface area contributed by atoms with Crippen LogP contribution >= 0.6 is 0 Å². The molecule has 0 bridgehead atoms. The molecule has 0 spiro atoms. The molecule has 21 heavy (non-hydrogen) atoms. The zero-order valence-electron chi connectivity index (χ0n) is 14.3. The highest BCUT2D eigenvalue weighted by molar-refractivity contribution is 5.67. The van der Waals surface area contributed by atoms with Gasteiger partial charge in [-0.3, -0.25) is 0 Å². The zero-order valence-corrected chi connectivity index (χ0v) is 14.3. The van der Waals surface area contributed by atoms with Crippen LogP contribution < -0.4 is 10.6 Å². The van der Waals surface area contributed by atoms with E-state index < -0.39 is 5.60 Å². The Balaban J connectivity index is 2.14. The van der Waals surface area contributed by atoms with E-state index in [1.54, 1.807) is 0 Å². The summed E-state index contributed by atoms with van der Waals surface area (Å²) in [6.45, 7) is 9.64. The van der Waals surface area contributed by atoms with Crippen molar-refractivity contribution in [2.24, 2.45) is 5.92 Å². The Labute approximate surface area is 130 Å². The van der Waals surface area contributed by atoms with Crippen LogP contribution in [0.4, 0.5) is 4.79 Å². The van der Waals surface area contributed by atoms with Crippen LogP contribution in [0.3, 0.4) is 0 Å². The number of amides is 1. The van der Waals surface area contributed by atoms with Crippen LogP contribution in [0.25, 0.3) is 0 Å². The summed E-state index contributed by atoms with van der Waals surface area (Å²) in [7, 11) is 0. The molecule has 4 heteroatoms. The summed E-state index contributed by atoms with van der Waals surface area (Å²) < 4.78 is 5.28. The highest BCUT2D eigenvalue weighted by atomic mass is 16.6. The van der Waals surface area contributed by atoms with Gasteiger partial charge in [-0.25, -0.2) is 4.79 Å². The average molecular weight is 298 g/mol. The fourth-order valence-corrected chi connectivity index (χ4v) is 2.43. The third-order valence-electron chi connectivity index (χ3n) is 3.74. The molecule has 0 aliphatic heterocycles. The maximum Gasteiger partial charge on any atom is 0.407 e. The molecule has 124 valence electrons. The van der Waals surface area contributed by atoms with Crippen LogP contribution in [0.15, 0.2) is 0 Å². The smallest absolute Gasteiger partial charge is 0.407 e. The van der Waals surface area contributed by atoms with Gasteiger partial charge in [0.25, 0.3) is 0 Å². The van der Waals surface area contributed by atoms with Crippen molar-refractivity contribution in [2.75, 3.05) is 13.1 Å². The van der Waals surface area contributed by atoms with Crippen molar-refractivity contribution >= 4 is 6.09 Å². The van der Waals surface area contributed by atoms with Crippen LogP contribution in [-0.2, 0) is 4.74 Å². The molecular formula is C17H34N2O2. The lowest BCUT2D eigenvalue weighted by atomic mass is 10.1. The Bertz CT molecular complexity index is 296. The van der Waals surface area contributed by atoms with E-state index in [9.17, 15) is 4.79 Å². The van der Waals surface area contributed by atoms with Gasteiger partial charge in [0.05, 0.1) is 0 Å². The summed E-state index contributed by atoms with van der Waals surface area (Å²) in [5, 5.41) is 6.50. The van der Waals surface area contributed by atoms with E-state index in [0.29, 0.717) is 12.6 Å². The van der Waals surface area contributed by atoms with Crippen molar-refractivity contribution in [3.8, 4) is 0 Å². The van der Waals surface area contributed by atoms with Gasteiger partial charge in [-0.05, 0) is 52.5 Å². The van der Waals surface area contributed by atoms with Gasteiger partial charge in [0.1, 0.15) is 5.60 Å². The molecule has 1 aliphatic carbocycles. The Morgan fingerprint density at radius 2 is 1.86 bits per heavy atom. The lowest BCUT2D eigenvalue weighted by molar-refractivity contribution is 0.0521. The lowest BCUT2D eigenvalue weighted by Crippen LogP contribution is -2.44. The van der Waals surface area contributed by atoms with Gasteiger partial charge in [-0.2, -0.15) is 0 Å². The number of unbranched alkanes of at least 4 members (excludes halogenated alkanes) is 4. The largest absolute Gasteiger partial charge is 0.444 e. The van der Waals surface area contributed by atoms with Crippen molar-refractivity contribution in [3.05, 3.63) is 0 Å². The minimum atomic E-state index is -0.425. The fourth-order valence-electron chi connectivity index (χ4n) is 2.43. The summed E-state index contributed by atoms with van der Waals surface area (Å²) in [5.41, 5.74) is -0.425. The first-order chi connectivity index (χ1) is 9.92. The summed E-state index contributed by atoms with van der Waals surface area (Å²) in [6, 6.07) is 0.406. The van der Waals surface area contributed by atoms with Crippen molar-refractivity contribution in [3.63, 3.8) is 0 Å². The first-order valence-corrected chi connectivity index (χ1v) is 8.62. The molecule has 1 unspecified atom stereocenters. The number of rotatable bonds is 10. The van der Waals surface area contributed by atoms with Crippen LogP contribution in [0.1, 0.15) is 72.6 Å². The number of carbonyl (C=O) groups excluding carboxylic acids is 1. The highest BCUT2D eigenvalue weighted by Crippen LogP contribution is 2.32. The van der Waals surface area contributed by atoms with Gasteiger partial charge in [0.2, 0.25) is 0 Å². The molecule has 1 rings (SSSR count). The second kappa shape index (κ2) is 9.29. The van der Waals surface area contributed by atoms with E-state index in [0.717, 1.165) is 12.5 Å². The molecule has 0 heterocycles. The maximum absolute atomic E-state index is 11.7. The van der Waals surface area contributed by atoms with E-state index >= 15 is 0 Å². The Kier molecular flexibility index (Phi) is 8.09. The Morgan fingerprint density at radius 1 is 1.19 bits per heavy atom. The van der Waals surface area contributed by atoms with Gasteiger partial charge in [0, 0.05) is 12.6 Å². The predicted molar refractivity (Wildman–Crippen MR) is 87.5 cm³/mol. The van der Waals surface area contributed by atoms with Gasteiger partial charge < -0.3 is 15.4 Å². The van der Waals surface area contributed by atoms with Crippen molar-refractivity contribution in [1.82, 2.24) is 10.6 Å². The van der Waals surface area contributed by atoms with Crippen LogP contribution in [0.2, 0.25) is 0 Å². The molecule has 2 N–H and O–H groups in total. The zero-order chi connectivity index (χ0) is 15.7. The fraction of sp³-hybridized carbons (Fsp3) is 0.941. The SMILES string of the molecule is CCCCCCCNC(CNC(=O)OC(C)(C)C)C1CC1. The average Bonchev–Trinajstić information content (AvgIpc) is 3.19. The molecule has 1 amide bonds. The predicted octanol–water partition coefficient (Wildman–Crippen LogP) is 3.85. The van der Waals surface area contributed by atoms with E-state index in [1.165, 1.54) is 44.9 Å². The van der Waals surface area contributed by atoms with Gasteiger partial charge in [-0.15, -0.1) is 0 Å². The van der Waals surface area contributed by atoms with Crippen LogP contribution in [0, 0.1) is 5.92 Å². The van der Waals surface area contributed by atoms with Crippen LogP contribution in [0.5, 0.6) is 0 Å². The molecule has 1 atom stereocenters. The summed E-state index contributed by atoms with van der Waals surface area (Å²) in [4.78, 5) is 11.7. The number of carbonyl (C=O) groups is 1. The second-order valence-electron chi connectivity index (χ2n) is 7.20. The quantitative estimate of drug-likeness (QED) is 0.602. The molecule has 4 nitrogen and oxygen atoms in total. The van der Waals surface area contributed by atoms with E-state index in [4.69, 9.17) is 4.74 Å². The summed E-state index contributed by atoms with van der Waals surface area (Å²) in [5.74, 6) is 0.732. The molecule has 1 saturated carbocycles. The second-order valence-corrected chi connectivity index (χ2v) is 7.20. The topological polar surface area (TPSA) is 50.4 Å². The molecule has 1 aliphatic rings. The third-order valence-corrected chi connectivity index (χ3v) is 3.74. The Morgan fingerprint density at radius 3 is 2.43 bits per heavy atom. The monoisotopic (exact) mass is 298 g/mol. The number of alkyl carbamates (subject to hydrolysis) is 1. The van der Waals surface area contributed by atoms with Crippen LogP contribution in [-0.4, -0.2) is 30.8 Å². The maximum atomic E-state index is 11.7. The van der Waals surface area contributed by atoms with E-state index in [2.05, 4.69) is 17.6 Å². The number of nitrogens with one attached hydrogen (secondary N) is 2. The molecule has 0 radical (unpaired) electrons. The molecule has 1 fully saturated rings. The molecule has 0 aromatic rings. The summed E-state index contributed by atoms with van der Waals surface area (Å²) >= 11 is 0. The molecule has 0 aromatic carbocycles.